The van der Waals surface area contributed by atoms with E-state index in [9.17, 15) is 9.59 Å². The lowest BCUT2D eigenvalue weighted by molar-refractivity contribution is -0.130. The van der Waals surface area contributed by atoms with Gasteiger partial charge in [0.15, 0.2) is 11.5 Å². The third-order valence-corrected chi connectivity index (χ3v) is 6.89. The highest BCUT2D eigenvalue weighted by atomic mass is 32.1. The van der Waals surface area contributed by atoms with Crippen LogP contribution in [0.5, 0.6) is 0 Å². The molecule has 4 aromatic rings. The van der Waals surface area contributed by atoms with Crippen LogP contribution in [0.3, 0.4) is 0 Å². The van der Waals surface area contributed by atoms with E-state index in [1.165, 1.54) is 4.52 Å². The summed E-state index contributed by atoms with van der Waals surface area (Å²) >= 11 is 1.55. The molecule has 1 aliphatic heterocycles. The summed E-state index contributed by atoms with van der Waals surface area (Å²) in [5, 5.41) is 5.43. The monoisotopic (exact) mass is 422 g/mol. The molecule has 0 N–H and O–H groups in total. The number of aromatic nitrogens is 5. The second-order valence-electron chi connectivity index (χ2n) is 7.53. The number of carbonyl (C=O) groups is 1. The number of nitrogens with zero attached hydrogens (tertiary/aromatic N) is 6. The van der Waals surface area contributed by atoms with Crippen molar-refractivity contribution in [2.45, 2.75) is 39.7 Å². The van der Waals surface area contributed by atoms with Crippen molar-refractivity contribution in [2.75, 3.05) is 13.1 Å². The Labute approximate surface area is 176 Å². The van der Waals surface area contributed by atoms with Crippen molar-refractivity contribution in [1.29, 1.82) is 0 Å². The van der Waals surface area contributed by atoms with Crippen LogP contribution in [-0.4, -0.2) is 48.0 Å². The second kappa shape index (κ2) is 7.32. The minimum Gasteiger partial charge on any atom is -0.341 e. The number of pyridine rings is 1. The van der Waals surface area contributed by atoms with E-state index in [0.717, 1.165) is 58.6 Å². The van der Waals surface area contributed by atoms with Gasteiger partial charge in [-0.05, 0) is 43.9 Å². The van der Waals surface area contributed by atoms with Crippen LogP contribution in [0.25, 0.3) is 27.3 Å². The number of hydrogen-bond acceptors (Lipinski definition) is 6. The van der Waals surface area contributed by atoms with Crippen LogP contribution in [0.4, 0.5) is 0 Å². The Morgan fingerprint density at radius 1 is 1.20 bits per heavy atom. The van der Waals surface area contributed by atoms with Crippen LogP contribution in [0.1, 0.15) is 30.2 Å². The van der Waals surface area contributed by atoms with E-state index in [4.69, 9.17) is 4.98 Å². The number of thiophene rings is 1. The molecular weight excluding hydrogens is 400 g/mol. The molecule has 0 spiro atoms. The summed E-state index contributed by atoms with van der Waals surface area (Å²) < 4.78 is 2.92. The molecule has 0 radical (unpaired) electrons. The lowest BCUT2D eigenvalue weighted by Crippen LogP contribution is -2.36. The van der Waals surface area contributed by atoms with Crippen LogP contribution in [0, 0.1) is 6.92 Å². The van der Waals surface area contributed by atoms with E-state index in [1.807, 2.05) is 17.0 Å². The predicted molar refractivity (Wildman–Crippen MR) is 116 cm³/mol. The molecular formula is C21H22N6O2S. The average Bonchev–Trinajstić information content (AvgIpc) is 3.49. The Kier molecular flexibility index (Phi) is 4.62. The number of hydrogen-bond donors (Lipinski definition) is 0. The summed E-state index contributed by atoms with van der Waals surface area (Å²) in [6.07, 6.45) is 6.21. The van der Waals surface area contributed by atoms with E-state index in [1.54, 1.807) is 28.3 Å². The van der Waals surface area contributed by atoms with Gasteiger partial charge in [-0.15, -0.1) is 16.4 Å². The van der Waals surface area contributed by atoms with Gasteiger partial charge in [0.05, 0.1) is 5.39 Å². The molecule has 30 heavy (non-hydrogen) atoms. The molecule has 9 heteroatoms. The highest BCUT2D eigenvalue weighted by molar-refractivity contribution is 7.19. The standard InChI is InChI=1S/C21H22N6O2S/c1-3-15-13(2)30-20-17(15)19-23-18(14-6-8-22-9-7-14)24-27(19)21(29)26(20)12-16(28)25-10-4-5-11-25/h6-9H,3-5,10-12H2,1-2H3. The molecule has 1 fully saturated rings. The number of amides is 1. The summed E-state index contributed by atoms with van der Waals surface area (Å²) in [4.78, 5) is 38.8. The first-order valence-corrected chi connectivity index (χ1v) is 11.0. The lowest BCUT2D eigenvalue weighted by Gasteiger charge is -2.16. The molecule has 154 valence electrons. The lowest BCUT2D eigenvalue weighted by atomic mass is 10.1. The molecule has 1 aliphatic rings. The van der Waals surface area contributed by atoms with E-state index in [-0.39, 0.29) is 18.1 Å². The molecule has 5 rings (SSSR count). The van der Waals surface area contributed by atoms with E-state index < -0.39 is 0 Å². The summed E-state index contributed by atoms with van der Waals surface area (Å²) in [5.74, 6) is 0.458. The van der Waals surface area contributed by atoms with Crippen molar-refractivity contribution in [2.24, 2.45) is 0 Å². The van der Waals surface area contributed by atoms with Crippen LogP contribution >= 0.6 is 11.3 Å². The second-order valence-corrected chi connectivity index (χ2v) is 8.74. The Hall–Kier alpha value is -3.07. The van der Waals surface area contributed by atoms with Crippen LogP contribution in [-0.2, 0) is 17.8 Å². The van der Waals surface area contributed by atoms with Crippen molar-refractivity contribution in [3.05, 3.63) is 45.5 Å². The van der Waals surface area contributed by atoms with Crippen molar-refractivity contribution in [3.8, 4) is 11.4 Å². The first-order chi connectivity index (χ1) is 14.6. The quantitative estimate of drug-likeness (QED) is 0.505. The molecule has 0 aliphatic carbocycles. The van der Waals surface area contributed by atoms with Gasteiger partial charge in [0.25, 0.3) is 0 Å². The van der Waals surface area contributed by atoms with Gasteiger partial charge in [-0.1, -0.05) is 6.92 Å². The molecule has 1 saturated heterocycles. The van der Waals surface area contributed by atoms with E-state index in [2.05, 4.69) is 23.9 Å². The summed E-state index contributed by atoms with van der Waals surface area (Å²) in [7, 11) is 0. The maximum absolute atomic E-state index is 13.4. The number of rotatable bonds is 4. The molecule has 0 atom stereocenters. The maximum atomic E-state index is 13.4. The summed E-state index contributed by atoms with van der Waals surface area (Å²) in [5.41, 5.74) is 2.16. The number of aryl methyl sites for hydroxylation is 2. The van der Waals surface area contributed by atoms with Gasteiger partial charge in [0.2, 0.25) is 5.91 Å². The molecule has 0 bridgehead atoms. The van der Waals surface area contributed by atoms with Gasteiger partial charge >= 0.3 is 5.69 Å². The summed E-state index contributed by atoms with van der Waals surface area (Å²) in [6, 6.07) is 3.64. The first kappa shape index (κ1) is 18.9. The number of fused-ring (bicyclic) bond motifs is 3. The smallest absolute Gasteiger partial charge is 0.341 e. The zero-order valence-corrected chi connectivity index (χ0v) is 17.8. The minimum atomic E-state index is -0.332. The zero-order valence-electron chi connectivity index (χ0n) is 17.0. The van der Waals surface area contributed by atoms with Gasteiger partial charge < -0.3 is 4.90 Å². The van der Waals surface area contributed by atoms with E-state index >= 15 is 0 Å². The molecule has 0 saturated carbocycles. The van der Waals surface area contributed by atoms with Crippen molar-refractivity contribution < 1.29 is 4.79 Å². The summed E-state index contributed by atoms with van der Waals surface area (Å²) in [6.45, 7) is 5.70. The Morgan fingerprint density at radius 3 is 2.63 bits per heavy atom. The van der Waals surface area contributed by atoms with Gasteiger partial charge in [-0.3, -0.25) is 14.3 Å². The van der Waals surface area contributed by atoms with Crippen molar-refractivity contribution in [3.63, 3.8) is 0 Å². The molecule has 0 aromatic carbocycles. The highest BCUT2D eigenvalue weighted by Crippen LogP contribution is 2.33. The van der Waals surface area contributed by atoms with E-state index in [0.29, 0.717) is 11.5 Å². The highest BCUT2D eigenvalue weighted by Gasteiger charge is 2.24. The molecule has 8 nitrogen and oxygen atoms in total. The normalized spacial score (nSPS) is 14.3. The Balaban J connectivity index is 1.75. The maximum Gasteiger partial charge on any atom is 0.352 e. The number of carbonyl (C=O) groups excluding carboxylic acids is 1. The fraction of sp³-hybridized carbons (Fsp3) is 0.381. The van der Waals surface area contributed by atoms with Crippen molar-refractivity contribution >= 4 is 33.1 Å². The van der Waals surface area contributed by atoms with Crippen LogP contribution in [0.2, 0.25) is 0 Å². The fourth-order valence-electron chi connectivity index (χ4n) is 4.18. The molecule has 5 heterocycles. The first-order valence-electron chi connectivity index (χ1n) is 10.2. The predicted octanol–water partition coefficient (Wildman–Crippen LogP) is 2.66. The fourth-order valence-corrected chi connectivity index (χ4v) is 5.41. The minimum absolute atomic E-state index is 0.0196. The molecule has 1 amide bonds. The van der Waals surface area contributed by atoms with Crippen molar-refractivity contribution in [1.82, 2.24) is 29.0 Å². The van der Waals surface area contributed by atoms with Gasteiger partial charge in [-0.2, -0.15) is 4.52 Å². The third kappa shape index (κ3) is 2.92. The largest absolute Gasteiger partial charge is 0.352 e. The topological polar surface area (TPSA) is 85.4 Å². The number of likely N-dealkylation sites (tertiary alicyclic amines) is 1. The van der Waals surface area contributed by atoms with Gasteiger partial charge in [0.1, 0.15) is 11.4 Å². The van der Waals surface area contributed by atoms with Gasteiger partial charge in [0, 0.05) is 35.9 Å². The zero-order chi connectivity index (χ0) is 20.8. The Bertz CT molecular complexity index is 1310. The van der Waals surface area contributed by atoms with Crippen LogP contribution in [0.15, 0.2) is 29.3 Å². The third-order valence-electron chi connectivity index (χ3n) is 5.72. The average molecular weight is 423 g/mol. The van der Waals surface area contributed by atoms with Crippen LogP contribution < -0.4 is 5.69 Å². The van der Waals surface area contributed by atoms with Gasteiger partial charge in [-0.25, -0.2) is 9.78 Å². The molecule has 4 aromatic heterocycles. The molecule has 0 unspecified atom stereocenters. The SMILES string of the molecule is CCc1c(C)sc2c1c1nc(-c3ccncc3)nn1c(=O)n2CC(=O)N1CCCC1. The Morgan fingerprint density at radius 2 is 1.93 bits per heavy atom.